The molecule has 0 aliphatic rings. The monoisotopic (exact) mass is 823 g/mol. The molecule has 0 aliphatic carbocycles. The molecule has 2 amide bonds. The van der Waals surface area contributed by atoms with Crippen molar-refractivity contribution in [3.63, 3.8) is 0 Å². The average molecular weight is 824 g/mol. The molecule has 0 bridgehead atoms. The third kappa shape index (κ3) is 9.93. The summed E-state index contributed by atoms with van der Waals surface area (Å²) >= 11 is 0. The first-order valence-electron chi connectivity index (χ1n) is 16.1. The summed E-state index contributed by atoms with van der Waals surface area (Å²) in [6.45, 7) is 5.30. The fourth-order valence-corrected chi connectivity index (χ4v) is 5.02. The zero-order chi connectivity index (χ0) is 41.4. The zero-order valence-corrected chi connectivity index (χ0v) is 31.0. The van der Waals surface area contributed by atoms with E-state index in [9.17, 15) is 31.9 Å². The summed E-state index contributed by atoms with van der Waals surface area (Å²) in [6, 6.07) is 0. The summed E-state index contributed by atoms with van der Waals surface area (Å²) in [4.78, 5) is 61.0. The summed E-state index contributed by atoms with van der Waals surface area (Å²) < 4.78 is 57.4. The van der Waals surface area contributed by atoms with Crippen LogP contribution in [0.4, 0.5) is 33.7 Å². The molecule has 18 nitrogen and oxygen atoms in total. The summed E-state index contributed by atoms with van der Waals surface area (Å²) in [5, 5.41) is 15.9. The maximum Gasteiger partial charge on any atom is 0.412 e. The van der Waals surface area contributed by atoms with E-state index in [0.29, 0.717) is 38.6 Å². The number of H-pyrrole nitrogens is 4. The highest BCUT2D eigenvalue weighted by Crippen LogP contribution is 2.25. The number of hydrogen-bond donors (Lipinski definition) is 7. The number of halogens is 5. The molecular weight excluding hydrogens is 794 g/mol. The Bertz CT molecular complexity index is 2810. The van der Waals surface area contributed by atoms with Gasteiger partial charge in [0.25, 0.3) is 5.91 Å². The van der Waals surface area contributed by atoms with Crippen molar-refractivity contribution in [2.24, 2.45) is 5.11 Å². The molecule has 0 spiro atoms. The fourth-order valence-electron chi connectivity index (χ4n) is 5.02. The first-order chi connectivity index (χ1) is 27.1. The Morgan fingerprint density at radius 2 is 1.12 bits per heavy atom. The number of rotatable bonds is 3. The lowest BCUT2D eigenvalue weighted by molar-refractivity contribution is 0.0634. The van der Waals surface area contributed by atoms with Crippen LogP contribution in [0.1, 0.15) is 41.5 Å². The molecule has 0 aliphatic heterocycles. The van der Waals surface area contributed by atoms with Crippen LogP contribution in [-0.2, 0) is 4.74 Å². The molecule has 0 aromatic carbocycles. The third-order valence-electron chi connectivity index (χ3n) is 7.47. The lowest BCUT2D eigenvalue weighted by atomic mass is 10.2. The van der Waals surface area contributed by atoms with E-state index in [1.54, 1.807) is 27.0 Å². The normalized spacial score (nSPS) is 10.5. The van der Waals surface area contributed by atoms with E-state index in [4.69, 9.17) is 21.1 Å². The molecule has 0 unspecified atom stereocenters. The summed E-state index contributed by atoms with van der Waals surface area (Å²) in [5.41, 5.74) is 15.2. The molecule has 300 valence electrons. The second-order valence-electron chi connectivity index (χ2n) is 12.5. The van der Waals surface area contributed by atoms with Crippen molar-refractivity contribution in [2.45, 2.75) is 26.4 Å². The maximum absolute atomic E-state index is 13.4. The quantitative estimate of drug-likeness (QED) is 0.0387. The van der Waals surface area contributed by atoms with Gasteiger partial charge in [-0.3, -0.25) is 30.0 Å². The predicted molar refractivity (Wildman–Crippen MR) is 206 cm³/mol. The molecule has 0 fully saturated rings. The van der Waals surface area contributed by atoms with Crippen molar-refractivity contribution >= 4 is 85.4 Å². The number of ether oxygens (including phenoxy) is 1. The summed E-state index contributed by atoms with van der Waals surface area (Å²) in [7, 11) is 0. The average Bonchev–Trinajstić information content (AvgIpc) is 3.96. The van der Waals surface area contributed by atoms with Crippen LogP contribution in [0.15, 0.2) is 79.5 Å². The van der Waals surface area contributed by atoms with E-state index in [1.807, 2.05) is 0 Å². The van der Waals surface area contributed by atoms with Gasteiger partial charge in [-0.05, 0) is 31.4 Å². The second kappa shape index (κ2) is 18.3. The van der Waals surface area contributed by atoms with Crippen LogP contribution >= 0.6 is 12.4 Å². The number of carbonyl (C=O) groups is 3. The van der Waals surface area contributed by atoms with Crippen LogP contribution in [0.2, 0.25) is 0 Å². The van der Waals surface area contributed by atoms with Crippen molar-refractivity contribution in [3.05, 3.63) is 119 Å². The molecule has 8 N–H and O–H groups in total. The number of amides is 2. The molecule has 58 heavy (non-hydrogen) atoms. The van der Waals surface area contributed by atoms with Crippen molar-refractivity contribution in [3.8, 4) is 0 Å². The summed E-state index contributed by atoms with van der Waals surface area (Å²) in [5.74, 6) is -3.82. The molecule has 8 heterocycles. The number of nitrogens with zero attached hydrogens (tertiary/aromatic N) is 7. The Kier molecular flexibility index (Phi) is 13.6. The molecule has 0 atom stereocenters. The molecule has 0 saturated carbocycles. The topological polar surface area (TPSA) is 282 Å². The van der Waals surface area contributed by atoms with Gasteiger partial charge in [-0.1, -0.05) is 0 Å². The SMILES string of the molecule is CC(C)(C)OC(=O)Nc1c[nH]c2c(F)cncc12.Cl.Nc1c[nH]c2c(F)cncc12.O=C(O)c1c[nH]c2c(F)cncc12.[N-]=[N+]=NC(=O)c1c[nH]c2c(F)cncc12. The van der Waals surface area contributed by atoms with Gasteiger partial charge in [0.05, 0.1) is 69.4 Å². The number of fused-ring (bicyclic) bond motifs is 4. The van der Waals surface area contributed by atoms with Gasteiger partial charge in [-0.25, -0.2) is 27.2 Å². The lowest BCUT2D eigenvalue weighted by Crippen LogP contribution is -2.27. The van der Waals surface area contributed by atoms with E-state index in [0.717, 1.165) is 24.8 Å². The van der Waals surface area contributed by atoms with Crippen LogP contribution in [0.25, 0.3) is 54.1 Å². The molecule has 23 heteroatoms. The van der Waals surface area contributed by atoms with Crippen LogP contribution < -0.4 is 11.1 Å². The van der Waals surface area contributed by atoms with Crippen LogP contribution in [0.5, 0.6) is 0 Å². The van der Waals surface area contributed by atoms with E-state index < -0.39 is 41.0 Å². The number of pyridine rings is 4. The van der Waals surface area contributed by atoms with Gasteiger partial charge in [0.1, 0.15) is 5.60 Å². The minimum atomic E-state index is -1.10. The van der Waals surface area contributed by atoms with Crippen molar-refractivity contribution in [1.29, 1.82) is 0 Å². The standard InChI is InChI=1S/C12H14FN3O2.C8H4FN5O.C8H5FN2O2.C7H6FN3.ClH/c1-12(2,3)18-11(17)16-9-6-15-10-7(9)4-14-5-8(10)13;9-6-3-11-1-4-5(2-12-7(4)6)8(15)13-14-10;9-6-3-10-1-4-5(8(12)13)2-11-7(4)6;8-5-2-10-1-4-6(9)3-11-7(4)5;/h4-6,15H,1-3H3,(H,16,17);1-3,12H;1-3,11H,(H,12,13);1-3,11H,9H2;1H. The number of nitrogen functional groups attached to an aromatic ring is 1. The largest absolute Gasteiger partial charge is 0.478 e. The molecule has 8 rings (SSSR count). The highest BCUT2D eigenvalue weighted by molar-refractivity contribution is 6.07. The highest BCUT2D eigenvalue weighted by Gasteiger charge is 2.18. The third-order valence-corrected chi connectivity index (χ3v) is 7.47. The molecule has 0 saturated heterocycles. The first-order valence-corrected chi connectivity index (χ1v) is 16.1. The van der Waals surface area contributed by atoms with E-state index in [2.05, 4.69) is 55.2 Å². The Morgan fingerprint density at radius 1 is 0.707 bits per heavy atom. The van der Waals surface area contributed by atoms with Crippen LogP contribution in [0.3, 0.4) is 0 Å². The van der Waals surface area contributed by atoms with E-state index in [1.165, 1.54) is 43.4 Å². The maximum atomic E-state index is 13.4. The van der Waals surface area contributed by atoms with Crippen LogP contribution in [0, 0.1) is 23.3 Å². The number of anilines is 2. The van der Waals surface area contributed by atoms with Gasteiger partial charge >= 0.3 is 12.1 Å². The van der Waals surface area contributed by atoms with Crippen molar-refractivity contribution < 1.29 is 41.8 Å². The Labute approximate surface area is 328 Å². The lowest BCUT2D eigenvalue weighted by Gasteiger charge is -2.19. The van der Waals surface area contributed by atoms with Crippen LogP contribution in [-0.4, -0.2) is 68.5 Å². The van der Waals surface area contributed by atoms with Gasteiger partial charge in [-0.15, -0.1) is 12.4 Å². The Morgan fingerprint density at radius 3 is 1.60 bits per heavy atom. The van der Waals surface area contributed by atoms with Gasteiger partial charge in [-0.2, -0.15) is 0 Å². The zero-order valence-electron chi connectivity index (χ0n) is 30.1. The minimum Gasteiger partial charge on any atom is -0.478 e. The number of carboxylic acid groups (broad SMARTS) is 1. The van der Waals surface area contributed by atoms with Gasteiger partial charge < -0.3 is 35.5 Å². The Hall–Kier alpha value is -7.71. The van der Waals surface area contributed by atoms with E-state index >= 15 is 0 Å². The van der Waals surface area contributed by atoms with Gasteiger partial charge in [0.15, 0.2) is 23.3 Å². The van der Waals surface area contributed by atoms with Crippen molar-refractivity contribution in [2.75, 3.05) is 11.1 Å². The minimum absolute atomic E-state index is 0. The van der Waals surface area contributed by atoms with Gasteiger partial charge in [0, 0.05) is 76.0 Å². The van der Waals surface area contributed by atoms with Gasteiger partial charge in [0.2, 0.25) is 0 Å². The smallest absolute Gasteiger partial charge is 0.412 e. The predicted octanol–water partition coefficient (Wildman–Crippen LogP) is 8.31. The molecule has 8 aromatic rings. The number of carboxylic acids is 1. The number of aromatic amines is 4. The van der Waals surface area contributed by atoms with E-state index in [-0.39, 0.29) is 45.8 Å². The molecular formula is C35H30ClF4N13O5. The molecule has 8 aromatic heterocycles. The summed E-state index contributed by atoms with van der Waals surface area (Å²) in [6.07, 6.45) is 15.0. The number of azide groups is 1. The van der Waals surface area contributed by atoms with Crippen molar-refractivity contribution in [1.82, 2.24) is 39.9 Å². The number of aromatic carboxylic acids is 1. The first kappa shape index (κ1) is 43.0. The fraction of sp³-hybridized carbons (Fsp3) is 0.114. The number of carbonyl (C=O) groups excluding carboxylic acids is 2. The Balaban J connectivity index is 0.000000172. The number of hydrogen-bond acceptors (Lipinski definition) is 9. The highest BCUT2D eigenvalue weighted by atomic mass is 35.5. The number of nitrogens with one attached hydrogen (secondary N) is 5. The number of aromatic nitrogens is 8. The second-order valence-corrected chi connectivity index (χ2v) is 12.5. The number of nitrogens with two attached hydrogens (primary N) is 1. The molecule has 0 radical (unpaired) electrons.